The van der Waals surface area contributed by atoms with Crippen molar-refractivity contribution in [3.63, 3.8) is 0 Å². The minimum absolute atomic E-state index is 0.0212. The highest BCUT2D eigenvalue weighted by molar-refractivity contribution is 5.94. The summed E-state index contributed by atoms with van der Waals surface area (Å²) in [6, 6.07) is 6.53. The van der Waals surface area contributed by atoms with E-state index in [0.29, 0.717) is 5.56 Å². The van der Waals surface area contributed by atoms with Crippen LogP contribution in [0.25, 0.3) is 0 Å². The highest BCUT2D eigenvalue weighted by Crippen LogP contribution is 2.11. The van der Waals surface area contributed by atoms with Gasteiger partial charge in [0.25, 0.3) is 5.91 Å². The van der Waals surface area contributed by atoms with Gasteiger partial charge in [0.15, 0.2) is 0 Å². The molecule has 0 spiro atoms. The number of hydrogen-bond acceptors (Lipinski definition) is 2. The van der Waals surface area contributed by atoms with E-state index in [1.807, 2.05) is 6.07 Å². The maximum Gasteiger partial charge on any atom is 0.254 e. The third kappa shape index (κ3) is 2.78. The standard InChI is InChI=1S/C11H11FN2O/c1-8-4-2-5-9(10(8)12)11(15)14-7-3-6-13/h2,4-5H,3,7H2,1H3,(H,14,15). The number of halogens is 1. The zero-order valence-corrected chi connectivity index (χ0v) is 8.38. The molecule has 0 aromatic heterocycles. The second-order valence-electron chi connectivity index (χ2n) is 3.10. The fourth-order valence-corrected chi connectivity index (χ4v) is 1.15. The summed E-state index contributed by atoms with van der Waals surface area (Å²) in [5.74, 6) is -0.988. The first kappa shape index (κ1) is 11.2. The monoisotopic (exact) mass is 206 g/mol. The van der Waals surface area contributed by atoms with Crippen molar-refractivity contribution < 1.29 is 9.18 Å². The molecule has 3 nitrogen and oxygen atoms in total. The van der Waals surface area contributed by atoms with Gasteiger partial charge in [-0.2, -0.15) is 5.26 Å². The summed E-state index contributed by atoms with van der Waals surface area (Å²) >= 11 is 0. The molecule has 4 heteroatoms. The van der Waals surface area contributed by atoms with Crippen molar-refractivity contribution in [3.8, 4) is 6.07 Å². The number of nitriles is 1. The van der Waals surface area contributed by atoms with Gasteiger partial charge < -0.3 is 5.32 Å². The molecule has 1 N–H and O–H groups in total. The first-order valence-corrected chi connectivity index (χ1v) is 4.57. The van der Waals surface area contributed by atoms with Crippen LogP contribution in [0.3, 0.4) is 0 Å². The van der Waals surface area contributed by atoms with Crippen molar-refractivity contribution in [3.05, 3.63) is 35.1 Å². The maximum atomic E-state index is 13.4. The molecule has 15 heavy (non-hydrogen) atoms. The van der Waals surface area contributed by atoms with Gasteiger partial charge in [-0.1, -0.05) is 12.1 Å². The molecule has 0 radical (unpaired) electrons. The summed E-state index contributed by atoms with van der Waals surface area (Å²) in [5, 5.41) is 10.7. The van der Waals surface area contributed by atoms with Crippen LogP contribution in [0.5, 0.6) is 0 Å². The van der Waals surface area contributed by atoms with Crippen LogP contribution in [-0.2, 0) is 0 Å². The molecule has 0 heterocycles. The van der Waals surface area contributed by atoms with Crippen LogP contribution in [-0.4, -0.2) is 12.5 Å². The van der Waals surface area contributed by atoms with Crippen LogP contribution < -0.4 is 5.32 Å². The Hall–Kier alpha value is -1.89. The van der Waals surface area contributed by atoms with Gasteiger partial charge in [-0.25, -0.2) is 4.39 Å². The fraction of sp³-hybridized carbons (Fsp3) is 0.273. The van der Waals surface area contributed by atoms with Gasteiger partial charge in [-0.15, -0.1) is 0 Å². The molecule has 1 aromatic carbocycles. The number of amides is 1. The Morgan fingerprint density at radius 3 is 3.00 bits per heavy atom. The number of aryl methyl sites for hydroxylation is 1. The van der Waals surface area contributed by atoms with Crippen LogP contribution in [0.1, 0.15) is 22.3 Å². The van der Waals surface area contributed by atoms with Gasteiger partial charge in [0.1, 0.15) is 5.82 Å². The van der Waals surface area contributed by atoms with Gasteiger partial charge in [0.05, 0.1) is 18.1 Å². The number of carbonyl (C=O) groups excluding carboxylic acids is 1. The smallest absolute Gasteiger partial charge is 0.254 e. The molecule has 1 rings (SSSR count). The van der Waals surface area contributed by atoms with E-state index < -0.39 is 11.7 Å². The number of hydrogen-bond donors (Lipinski definition) is 1. The average Bonchev–Trinajstić information content (AvgIpc) is 2.22. The quantitative estimate of drug-likeness (QED) is 0.766. The lowest BCUT2D eigenvalue weighted by atomic mass is 10.1. The van der Waals surface area contributed by atoms with E-state index in [2.05, 4.69) is 5.32 Å². The lowest BCUT2D eigenvalue weighted by Crippen LogP contribution is -2.25. The Balaban J connectivity index is 2.75. The van der Waals surface area contributed by atoms with Crippen LogP contribution in [0.15, 0.2) is 18.2 Å². The topological polar surface area (TPSA) is 52.9 Å². The number of nitrogens with zero attached hydrogens (tertiary/aromatic N) is 1. The normalized spacial score (nSPS) is 9.40. The molecule has 0 fully saturated rings. The molecule has 1 aromatic rings. The van der Waals surface area contributed by atoms with Crippen molar-refractivity contribution in [2.45, 2.75) is 13.3 Å². The van der Waals surface area contributed by atoms with Crippen LogP contribution in [0.4, 0.5) is 4.39 Å². The average molecular weight is 206 g/mol. The van der Waals surface area contributed by atoms with Crippen molar-refractivity contribution in [2.75, 3.05) is 6.54 Å². The number of carbonyl (C=O) groups is 1. The third-order valence-corrected chi connectivity index (χ3v) is 1.96. The zero-order valence-electron chi connectivity index (χ0n) is 8.38. The second kappa shape index (κ2) is 5.11. The van der Waals surface area contributed by atoms with Crippen LogP contribution in [0, 0.1) is 24.1 Å². The minimum atomic E-state index is -0.507. The van der Waals surface area contributed by atoms with E-state index in [1.165, 1.54) is 6.07 Å². The SMILES string of the molecule is Cc1cccc(C(=O)NCCC#N)c1F. The van der Waals surface area contributed by atoms with Crippen molar-refractivity contribution >= 4 is 5.91 Å². The minimum Gasteiger partial charge on any atom is -0.351 e. The maximum absolute atomic E-state index is 13.4. The molecule has 78 valence electrons. The molecule has 0 aliphatic carbocycles. The van der Waals surface area contributed by atoms with E-state index >= 15 is 0 Å². The molecular weight excluding hydrogens is 195 g/mol. The van der Waals surface area contributed by atoms with Gasteiger partial charge in [-0.3, -0.25) is 4.79 Å². The molecule has 1 amide bonds. The lowest BCUT2D eigenvalue weighted by molar-refractivity contribution is 0.0950. The van der Waals surface area contributed by atoms with Gasteiger partial charge in [-0.05, 0) is 18.6 Å². The van der Waals surface area contributed by atoms with E-state index in [-0.39, 0.29) is 18.5 Å². The van der Waals surface area contributed by atoms with Crippen LogP contribution >= 0.6 is 0 Å². The van der Waals surface area contributed by atoms with E-state index in [0.717, 1.165) is 0 Å². The molecule has 0 bridgehead atoms. The van der Waals surface area contributed by atoms with Gasteiger partial charge in [0.2, 0.25) is 0 Å². The van der Waals surface area contributed by atoms with Crippen molar-refractivity contribution in [1.29, 1.82) is 5.26 Å². The van der Waals surface area contributed by atoms with E-state index in [4.69, 9.17) is 5.26 Å². The highest BCUT2D eigenvalue weighted by Gasteiger charge is 2.11. The Labute approximate surface area is 87.5 Å². The summed E-state index contributed by atoms with van der Waals surface area (Å²) in [5.41, 5.74) is 0.455. The number of nitrogens with one attached hydrogen (secondary N) is 1. The van der Waals surface area contributed by atoms with Crippen molar-refractivity contribution in [1.82, 2.24) is 5.32 Å². The Kier molecular flexibility index (Phi) is 3.81. The lowest BCUT2D eigenvalue weighted by Gasteiger charge is -2.05. The van der Waals surface area contributed by atoms with Crippen molar-refractivity contribution in [2.24, 2.45) is 0 Å². The fourth-order valence-electron chi connectivity index (χ4n) is 1.15. The first-order chi connectivity index (χ1) is 7.16. The first-order valence-electron chi connectivity index (χ1n) is 4.57. The summed E-state index contributed by atoms with van der Waals surface area (Å²) in [7, 11) is 0. The molecule has 0 unspecified atom stereocenters. The summed E-state index contributed by atoms with van der Waals surface area (Å²) < 4.78 is 13.4. The predicted molar refractivity (Wildman–Crippen MR) is 53.7 cm³/mol. The highest BCUT2D eigenvalue weighted by atomic mass is 19.1. The molecule has 0 aliphatic heterocycles. The summed E-state index contributed by atoms with van der Waals surface area (Å²) in [6.07, 6.45) is 0.221. The van der Waals surface area contributed by atoms with E-state index in [1.54, 1.807) is 19.1 Å². The second-order valence-corrected chi connectivity index (χ2v) is 3.10. The molecule has 0 saturated heterocycles. The number of rotatable bonds is 3. The van der Waals surface area contributed by atoms with Crippen LogP contribution in [0.2, 0.25) is 0 Å². The summed E-state index contributed by atoms with van der Waals surface area (Å²) in [4.78, 5) is 11.4. The predicted octanol–water partition coefficient (Wildman–Crippen LogP) is 1.78. The Morgan fingerprint density at radius 2 is 2.33 bits per heavy atom. The molecule has 0 aliphatic rings. The zero-order chi connectivity index (χ0) is 11.3. The Bertz CT molecular complexity index is 410. The van der Waals surface area contributed by atoms with Gasteiger partial charge >= 0.3 is 0 Å². The Morgan fingerprint density at radius 1 is 1.60 bits per heavy atom. The molecular formula is C11H11FN2O. The van der Waals surface area contributed by atoms with E-state index in [9.17, 15) is 9.18 Å². The summed E-state index contributed by atoms with van der Waals surface area (Å²) in [6.45, 7) is 1.84. The molecule has 0 saturated carbocycles. The molecule has 0 atom stereocenters. The third-order valence-electron chi connectivity index (χ3n) is 1.96. The largest absolute Gasteiger partial charge is 0.351 e. The van der Waals surface area contributed by atoms with Gasteiger partial charge in [0, 0.05) is 6.54 Å². The number of benzene rings is 1.